The largest absolute Gasteiger partial charge is 1.00 e. The van der Waals surface area contributed by atoms with Crippen molar-refractivity contribution in [3.05, 3.63) is 83.9 Å². The van der Waals surface area contributed by atoms with Crippen LogP contribution < -0.4 is 134 Å². The minimum atomic E-state index is -5.73. The molecule has 0 spiro atoms. The third-order valence-corrected chi connectivity index (χ3v) is 11.1. The van der Waals surface area contributed by atoms with Gasteiger partial charge in [-0.05, 0) is 65.4 Å². The van der Waals surface area contributed by atoms with Gasteiger partial charge >= 0.3 is 124 Å². The number of nitrogens with zero attached hydrogens (tertiary/aromatic N) is 5. The van der Waals surface area contributed by atoms with E-state index >= 15 is 0 Å². The number of anilines is 4. The van der Waals surface area contributed by atoms with Gasteiger partial charge in [0.2, 0.25) is 11.9 Å². The Bertz CT molecular complexity index is 3100. The SMILES string of the molecule is O=S(=O)([O-])c1cc(Nc2nc(F)nc(Nc3ccc(Cl)cc3)n2)c2c([O-])c(N=Nc3ccc4c(S(=O)(=O)[O-])cccc4c3S(=O)(=O)O)c(S(=O)(=O)[O-])cc2c1.[Na+].[Na+].[Na+].[Na+]. The second kappa shape index (κ2) is 20.3. The van der Waals surface area contributed by atoms with E-state index in [9.17, 15) is 61.4 Å². The molecular weight excluding hydrogens is 929 g/mol. The summed E-state index contributed by atoms with van der Waals surface area (Å²) in [7, 11) is -21.7. The van der Waals surface area contributed by atoms with Crippen molar-refractivity contribution < 1.29 is 180 Å². The molecule has 30 heteroatoms. The summed E-state index contributed by atoms with van der Waals surface area (Å²) in [6.07, 6.45) is -1.41. The number of benzene rings is 5. The van der Waals surface area contributed by atoms with Gasteiger partial charge in [0, 0.05) is 27.2 Å². The standard InChI is InChI=1S/C29H19ClFN7O13S4.4Na/c30-14-4-6-15(7-5-14)32-28-34-27(31)35-29(36-28)33-20-12-16(52(40,41)42)10-13-11-22(54(46,47)48)24(25(39)23(13)20)38-37-19-9-8-17-18(26(19)55(49,50)51)2-1-3-21(17)53(43,44)45;;;;/h1-12,39H,(H,40,41,42)(H,43,44,45)(H,46,47,48)(H,49,50,51)(H2,32,33,34,35,36);;;;/q;4*+1/p-4. The molecular formula is C29H15ClFN7Na4O13S4. The molecule has 0 aliphatic heterocycles. The van der Waals surface area contributed by atoms with Crippen molar-refractivity contribution in [1.82, 2.24) is 15.0 Å². The van der Waals surface area contributed by atoms with Crippen LogP contribution in [0.5, 0.6) is 5.75 Å². The molecule has 0 unspecified atom stereocenters. The van der Waals surface area contributed by atoms with Crippen LogP contribution in [0.3, 0.4) is 0 Å². The quantitative estimate of drug-likeness (QED) is 0.0652. The molecule has 3 N–H and O–H groups in total. The summed E-state index contributed by atoms with van der Waals surface area (Å²) >= 11 is 5.87. The first-order chi connectivity index (χ1) is 25.5. The summed E-state index contributed by atoms with van der Waals surface area (Å²) < 4.78 is 158. The molecule has 5 aromatic carbocycles. The third-order valence-electron chi connectivity index (χ3n) is 7.35. The zero-order valence-electron chi connectivity index (χ0n) is 30.4. The van der Waals surface area contributed by atoms with Gasteiger partial charge in [0.25, 0.3) is 10.1 Å². The van der Waals surface area contributed by atoms with Crippen LogP contribution >= 0.6 is 11.6 Å². The molecule has 1 aromatic heterocycles. The number of hydrogen-bond acceptors (Lipinski definition) is 19. The summed E-state index contributed by atoms with van der Waals surface area (Å²) in [4.78, 5) is 6.29. The number of aromatic nitrogens is 3. The number of hydrogen-bond donors (Lipinski definition) is 3. The van der Waals surface area contributed by atoms with E-state index in [4.69, 9.17) is 11.6 Å². The first kappa shape index (κ1) is 53.6. The van der Waals surface area contributed by atoms with E-state index in [1.807, 2.05) is 0 Å². The van der Waals surface area contributed by atoms with Crippen molar-refractivity contribution in [2.75, 3.05) is 10.6 Å². The summed E-state index contributed by atoms with van der Waals surface area (Å²) in [5, 5.41) is 24.0. The Morgan fingerprint density at radius 3 is 1.83 bits per heavy atom. The van der Waals surface area contributed by atoms with Gasteiger partial charge in [-0.3, -0.25) is 4.55 Å². The maximum Gasteiger partial charge on any atom is 1.00 e. The van der Waals surface area contributed by atoms with Crippen LogP contribution in [0.15, 0.2) is 103 Å². The number of nitrogens with one attached hydrogen (secondary N) is 2. The molecule has 59 heavy (non-hydrogen) atoms. The van der Waals surface area contributed by atoms with Gasteiger partial charge in [0.15, 0.2) is 0 Å². The van der Waals surface area contributed by atoms with Gasteiger partial charge in [-0.2, -0.15) is 27.8 Å². The van der Waals surface area contributed by atoms with E-state index in [0.29, 0.717) is 28.9 Å². The molecule has 0 amide bonds. The maximum absolute atomic E-state index is 14.6. The Morgan fingerprint density at radius 2 is 1.27 bits per heavy atom. The Balaban J connectivity index is 0.00000300. The number of azo groups is 1. The fourth-order valence-electron chi connectivity index (χ4n) is 5.18. The van der Waals surface area contributed by atoms with Crippen LogP contribution in [0.1, 0.15) is 0 Å². The minimum absolute atomic E-state index is 0. The predicted molar refractivity (Wildman–Crippen MR) is 183 cm³/mol. The van der Waals surface area contributed by atoms with Crippen LogP contribution in [-0.4, -0.2) is 66.8 Å². The summed E-state index contributed by atoms with van der Waals surface area (Å²) in [5.41, 5.74) is -2.53. The first-order valence-corrected chi connectivity index (χ1v) is 20.4. The Labute approximate surface area is 427 Å². The number of fused-ring (bicyclic) bond motifs is 2. The van der Waals surface area contributed by atoms with Crippen molar-refractivity contribution in [2.24, 2.45) is 10.2 Å². The number of rotatable bonds is 10. The molecule has 6 aromatic rings. The van der Waals surface area contributed by atoms with E-state index in [2.05, 4.69) is 35.8 Å². The zero-order valence-corrected chi connectivity index (χ0v) is 42.4. The second-order valence-corrected chi connectivity index (χ2v) is 16.8. The second-order valence-electron chi connectivity index (χ2n) is 10.9. The van der Waals surface area contributed by atoms with Crippen LogP contribution in [0, 0.1) is 6.08 Å². The Morgan fingerprint density at radius 1 is 0.678 bits per heavy atom. The van der Waals surface area contributed by atoms with Crippen molar-refractivity contribution in [3.8, 4) is 5.75 Å². The Kier molecular flexibility index (Phi) is 18.5. The van der Waals surface area contributed by atoms with Gasteiger partial charge in [-0.25, -0.2) is 25.3 Å². The van der Waals surface area contributed by atoms with Crippen LogP contribution in [-0.2, 0) is 40.5 Å². The van der Waals surface area contributed by atoms with E-state index in [1.165, 1.54) is 24.3 Å². The zero-order chi connectivity index (χ0) is 40.2. The number of halogens is 2. The molecule has 0 saturated heterocycles. The molecule has 0 aliphatic carbocycles. The molecule has 1 heterocycles. The van der Waals surface area contributed by atoms with Crippen LogP contribution in [0.25, 0.3) is 21.5 Å². The van der Waals surface area contributed by atoms with Gasteiger partial charge in [0.05, 0.1) is 20.4 Å². The van der Waals surface area contributed by atoms with Crippen molar-refractivity contribution in [1.29, 1.82) is 0 Å². The first-order valence-electron chi connectivity index (χ1n) is 14.4. The smallest absolute Gasteiger partial charge is 0.870 e. The molecule has 0 atom stereocenters. The topological polar surface area (TPSA) is 336 Å². The van der Waals surface area contributed by atoms with Gasteiger partial charge in [-0.1, -0.05) is 35.5 Å². The molecule has 0 bridgehead atoms. The molecule has 6 rings (SSSR count). The van der Waals surface area contributed by atoms with E-state index in [1.54, 1.807) is 0 Å². The molecule has 0 fully saturated rings. The van der Waals surface area contributed by atoms with Crippen molar-refractivity contribution in [2.45, 2.75) is 19.6 Å². The Hall–Kier alpha value is -1.51. The molecule has 286 valence electrons. The average Bonchev–Trinajstić information content (AvgIpc) is 3.06. The van der Waals surface area contributed by atoms with Crippen molar-refractivity contribution >= 4 is 108 Å². The maximum atomic E-state index is 14.6. The monoisotopic (exact) mass is 943 g/mol. The van der Waals surface area contributed by atoms with Crippen molar-refractivity contribution in [3.63, 3.8) is 0 Å². The normalized spacial score (nSPS) is 11.9. The fraction of sp³-hybridized carbons (Fsp3) is 0. The molecule has 20 nitrogen and oxygen atoms in total. The summed E-state index contributed by atoms with van der Waals surface area (Å²) in [5.74, 6) is -2.66. The fourth-order valence-corrected chi connectivity index (χ4v) is 8.00. The molecule has 0 saturated carbocycles. The summed E-state index contributed by atoms with van der Waals surface area (Å²) in [6.45, 7) is 0. The third kappa shape index (κ3) is 12.4. The molecule has 0 aliphatic rings. The van der Waals surface area contributed by atoms with Crippen LogP contribution in [0.4, 0.5) is 39.0 Å². The van der Waals surface area contributed by atoms with E-state index in [0.717, 1.165) is 30.3 Å². The summed E-state index contributed by atoms with van der Waals surface area (Å²) in [6, 6.07) is 11.9. The predicted octanol–water partition coefficient (Wildman–Crippen LogP) is -8.08. The average molecular weight is 944 g/mol. The van der Waals surface area contributed by atoms with Crippen LogP contribution in [0.2, 0.25) is 5.02 Å². The van der Waals surface area contributed by atoms with Gasteiger partial charge in [0.1, 0.15) is 40.9 Å². The molecule has 0 radical (unpaired) electrons. The minimum Gasteiger partial charge on any atom is -0.870 e. The van der Waals surface area contributed by atoms with E-state index < -0.39 is 122 Å². The van der Waals surface area contributed by atoms with Gasteiger partial charge in [-0.15, -0.1) is 10.2 Å². The van der Waals surface area contributed by atoms with Gasteiger partial charge < -0.3 is 29.4 Å². The van der Waals surface area contributed by atoms with E-state index in [-0.39, 0.29) is 118 Å².